The van der Waals surface area contributed by atoms with Crippen molar-refractivity contribution in [3.63, 3.8) is 0 Å². The lowest BCUT2D eigenvalue weighted by Gasteiger charge is -2.47. The third kappa shape index (κ3) is 2.36. The van der Waals surface area contributed by atoms with Gasteiger partial charge in [-0.15, -0.1) is 0 Å². The summed E-state index contributed by atoms with van der Waals surface area (Å²) >= 11 is 0. The molecule has 19 heavy (non-hydrogen) atoms. The molecular weight excluding hydrogens is 245 g/mol. The largest absolute Gasteiger partial charge is 0.368 e. The molecule has 0 aliphatic carbocycles. The third-order valence-electron chi connectivity index (χ3n) is 4.20. The topological polar surface area (TPSA) is 58.3 Å². The van der Waals surface area contributed by atoms with Crippen LogP contribution >= 0.6 is 0 Å². The van der Waals surface area contributed by atoms with Gasteiger partial charge in [0.25, 0.3) is 0 Å². The number of nitrogens with zero attached hydrogens (tertiary/aromatic N) is 4. The first-order valence-electron chi connectivity index (χ1n) is 6.94. The van der Waals surface area contributed by atoms with Crippen molar-refractivity contribution in [3.05, 3.63) is 12.0 Å². The summed E-state index contributed by atoms with van der Waals surface area (Å²) in [5.41, 5.74) is 5.59. The molecule has 0 saturated carbocycles. The highest BCUT2D eigenvalue weighted by atomic mass is 19.1. The Morgan fingerprint density at radius 3 is 3.05 bits per heavy atom. The Balaban J connectivity index is 1.85. The summed E-state index contributed by atoms with van der Waals surface area (Å²) in [7, 11) is 0. The molecule has 0 spiro atoms. The Hall–Kier alpha value is -1.43. The highest BCUT2D eigenvalue weighted by Crippen LogP contribution is 2.28. The van der Waals surface area contributed by atoms with E-state index in [0.29, 0.717) is 11.9 Å². The van der Waals surface area contributed by atoms with E-state index in [0.717, 1.165) is 25.8 Å². The molecular formula is C13H20FN5. The quantitative estimate of drug-likeness (QED) is 0.828. The second-order valence-electron chi connectivity index (χ2n) is 5.55. The van der Waals surface area contributed by atoms with Gasteiger partial charge in [-0.25, -0.2) is 9.37 Å². The van der Waals surface area contributed by atoms with Crippen molar-refractivity contribution < 1.29 is 4.39 Å². The highest BCUT2D eigenvalue weighted by Gasteiger charge is 2.34. The van der Waals surface area contributed by atoms with Gasteiger partial charge in [-0.05, 0) is 26.3 Å². The second kappa shape index (κ2) is 4.92. The fourth-order valence-electron chi connectivity index (χ4n) is 3.22. The molecule has 0 radical (unpaired) electrons. The second-order valence-corrected chi connectivity index (χ2v) is 5.55. The van der Waals surface area contributed by atoms with Crippen LogP contribution in [0, 0.1) is 5.82 Å². The molecule has 2 fully saturated rings. The number of rotatable bonds is 1. The van der Waals surface area contributed by atoms with E-state index >= 15 is 0 Å². The van der Waals surface area contributed by atoms with Gasteiger partial charge in [0.1, 0.15) is 0 Å². The van der Waals surface area contributed by atoms with Crippen molar-refractivity contribution in [2.45, 2.75) is 38.3 Å². The molecule has 2 N–H and O–H groups in total. The fraction of sp³-hybridized carbons (Fsp3) is 0.692. The molecule has 2 atom stereocenters. The zero-order chi connectivity index (χ0) is 13.4. The normalized spacial score (nSPS) is 28.2. The van der Waals surface area contributed by atoms with Gasteiger partial charge in [0.05, 0.1) is 6.20 Å². The number of hydrogen-bond acceptors (Lipinski definition) is 5. The molecule has 1 aromatic rings. The van der Waals surface area contributed by atoms with Gasteiger partial charge in [0.15, 0.2) is 11.6 Å². The average molecular weight is 265 g/mol. The molecule has 0 amide bonds. The molecule has 2 unspecified atom stereocenters. The summed E-state index contributed by atoms with van der Waals surface area (Å²) in [5.74, 6) is 0.102. The van der Waals surface area contributed by atoms with E-state index in [-0.39, 0.29) is 17.8 Å². The monoisotopic (exact) mass is 265 g/mol. The van der Waals surface area contributed by atoms with Crippen molar-refractivity contribution in [1.82, 2.24) is 14.9 Å². The van der Waals surface area contributed by atoms with Crippen LogP contribution in [0.2, 0.25) is 0 Å². The standard InChI is InChI=1S/C13H20FN5/c1-9-7-18-5-3-2-4-10(18)8-19(9)12-11(14)6-16-13(15)17-12/h6,9-10H,2-5,7-8H2,1H3,(H2,15,16,17). The Kier molecular flexibility index (Phi) is 3.26. The third-order valence-corrected chi connectivity index (χ3v) is 4.20. The van der Waals surface area contributed by atoms with Crippen LogP contribution in [0.25, 0.3) is 0 Å². The van der Waals surface area contributed by atoms with Crippen LogP contribution in [0.3, 0.4) is 0 Å². The summed E-state index contributed by atoms with van der Waals surface area (Å²) in [5, 5.41) is 0. The summed E-state index contributed by atoms with van der Waals surface area (Å²) in [6.45, 7) is 5.07. The van der Waals surface area contributed by atoms with Crippen LogP contribution in [-0.2, 0) is 0 Å². The lowest BCUT2D eigenvalue weighted by atomic mass is 9.97. The maximum atomic E-state index is 13.9. The fourth-order valence-corrected chi connectivity index (χ4v) is 3.22. The van der Waals surface area contributed by atoms with Crippen molar-refractivity contribution in [1.29, 1.82) is 0 Å². The lowest BCUT2D eigenvalue weighted by Crippen LogP contribution is -2.59. The van der Waals surface area contributed by atoms with E-state index < -0.39 is 0 Å². The molecule has 0 aromatic carbocycles. The number of aromatic nitrogens is 2. The molecule has 5 nitrogen and oxygen atoms in total. The molecule has 6 heteroatoms. The predicted octanol–water partition coefficient (Wildman–Crippen LogP) is 1.26. The van der Waals surface area contributed by atoms with Gasteiger partial charge in [-0.3, -0.25) is 4.90 Å². The number of fused-ring (bicyclic) bond motifs is 1. The zero-order valence-corrected chi connectivity index (χ0v) is 11.2. The smallest absolute Gasteiger partial charge is 0.222 e. The molecule has 2 aliphatic rings. The van der Waals surface area contributed by atoms with Gasteiger partial charge >= 0.3 is 0 Å². The molecule has 3 heterocycles. The number of nitrogens with two attached hydrogens (primary N) is 1. The van der Waals surface area contributed by atoms with Crippen LogP contribution < -0.4 is 10.6 Å². The summed E-state index contributed by atoms with van der Waals surface area (Å²) in [6.07, 6.45) is 4.89. The van der Waals surface area contributed by atoms with Crippen molar-refractivity contribution in [3.8, 4) is 0 Å². The number of piperidine rings is 1. The van der Waals surface area contributed by atoms with Gasteiger partial charge < -0.3 is 10.6 Å². The Morgan fingerprint density at radius 1 is 1.37 bits per heavy atom. The zero-order valence-electron chi connectivity index (χ0n) is 11.2. The van der Waals surface area contributed by atoms with Crippen LogP contribution in [0.1, 0.15) is 26.2 Å². The lowest BCUT2D eigenvalue weighted by molar-refractivity contribution is 0.115. The van der Waals surface area contributed by atoms with E-state index in [1.54, 1.807) is 0 Å². The maximum Gasteiger partial charge on any atom is 0.222 e. The van der Waals surface area contributed by atoms with Crippen molar-refractivity contribution >= 4 is 11.8 Å². The minimum Gasteiger partial charge on any atom is -0.368 e. The summed E-state index contributed by atoms with van der Waals surface area (Å²) in [6, 6.07) is 0.763. The highest BCUT2D eigenvalue weighted by molar-refractivity contribution is 5.44. The molecule has 1 aromatic heterocycles. The molecule has 104 valence electrons. The van der Waals surface area contributed by atoms with Gasteiger partial charge in [-0.1, -0.05) is 6.42 Å². The van der Waals surface area contributed by atoms with E-state index in [1.165, 1.54) is 19.3 Å². The predicted molar refractivity (Wildman–Crippen MR) is 72.4 cm³/mol. The van der Waals surface area contributed by atoms with Crippen LogP contribution in [0.4, 0.5) is 16.2 Å². The summed E-state index contributed by atoms with van der Waals surface area (Å²) < 4.78 is 13.9. The van der Waals surface area contributed by atoms with E-state index in [4.69, 9.17) is 5.73 Å². The van der Waals surface area contributed by atoms with Crippen LogP contribution in [0.15, 0.2) is 6.20 Å². The molecule has 2 saturated heterocycles. The van der Waals surface area contributed by atoms with Gasteiger partial charge in [-0.2, -0.15) is 4.98 Å². The van der Waals surface area contributed by atoms with E-state index in [2.05, 4.69) is 21.8 Å². The first kappa shape index (κ1) is 12.6. The van der Waals surface area contributed by atoms with Crippen molar-refractivity contribution in [2.24, 2.45) is 0 Å². The number of nitrogen functional groups attached to an aromatic ring is 1. The number of hydrogen-bond donors (Lipinski definition) is 1. The SMILES string of the molecule is CC1CN2CCCCC2CN1c1nc(N)ncc1F. The number of piperazine rings is 1. The molecule has 3 rings (SSSR count). The number of halogens is 1. The Labute approximate surface area is 112 Å². The number of anilines is 2. The first-order chi connectivity index (χ1) is 9.15. The first-order valence-corrected chi connectivity index (χ1v) is 6.94. The van der Waals surface area contributed by atoms with Gasteiger partial charge in [0, 0.05) is 25.2 Å². The summed E-state index contributed by atoms with van der Waals surface area (Å²) in [4.78, 5) is 12.3. The Bertz CT molecular complexity index is 466. The average Bonchev–Trinajstić information content (AvgIpc) is 2.41. The van der Waals surface area contributed by atoms with Crippen LogP contribution in [-0.4, -0.2) is 46.6 Å². The molecule has 2 aliphatic heterocycles. The Morgan fingerprint density at radius 2 is 2.21 bits per heavy atom. The van der Waals surface area contributed by atoms with Gasteiger partial charge in [0.2, 0.25) is 5.95 Å². The molecule has 0 bridgehead atoms. The maximum absolute atomic E-state index is 13.9. The van der Waals surface area contributed by atoms with E-state index in [1.807, 2.05) is 4.90 Å². The van der Waals surface area contributed by atoms with E-state index in [9.17, 15) is 4.39 Å². The minimum absolute atomic E-state index is 0.134. The van der Waals surface area contributed by atoms with Crippen LogP contribution in [0.5, 0.6) is 0 Å². The minimum atomic E-state index is -0.384. The van der Waals surface area contributed by atoms with Crippen molar-refractivity contribution in [2.75, 3.05) is 30.3 Å².